The Morgan fingerprint density at radius 2 is 1.58 bits per heavy atom. The molecule has 1 atom stereocenters. The summed E-state index contributed by atoms with van der Waals surface area (Å²) in [6, 6.07) is 8.73. The molecule has 1 unspecified atom stereocenters. The molecule has 0 radical (unpaired) electrons. The van der Waals surface area contributed by atoms with Gasteiger partial charge in [-0.2, -0.15) is 0 Å². The van der Waals surface area contributed by atoms with E-state index < -0.39 is 6.10 Å². The maximum absolute atomic E-state index is 13.3. The molecule has 0 aliphatic rings. The number of aryl methyl sites for hydroxylation is 3. The van der Waals surface area contributed by atoms with Gasteiger partial charge in [-0.3, -0.25) is 0 Å². The van der Waals surface area contributed by atoms with Gasteiger partial charge in [0.25, 0.3) is 0 Å². The molecule has 0 bridgehead atoms. The molecule has 1 N–H and O–H groups in total. The predicted molar refractivity (Wildman–Crippen MR) is 78.8 cm³/mol. The summed E-state index contributed by atoms with van der Waals surface area (Å²) in [7, 11) is 0. The summed E-state index contributed by atoms with van der Waals surface area (Å²) in [5, 5.41) is 10.6. The van der Waals surface area contributed by atoms with Crippen LogP contribution in [-0.4, -0.2) is 5.11 Å². The van der Waals surface area contributed by atoms with Gasteiger partial charge in [-0.1, -0.05) is 22.0 Å². The molecule has 1 nitrogen and oxygen atoms in total. The number of rotatable bonds is 2. The Balaban J connectivity index is 2.52. The van der Waals surface area contributed by atoms with Crippen molar-refractivity contribution in [3.8, 4) is 0 Å². The number of aliphatic hydroxyl groups excluding tert-OH is 1. The molecule has 0 aliphatic carbocycles. The first kappa shape index (κ1) is 14.2. The van der Waals surface area contributed by atoms with Crippen molar-refractivity contribution in [1.29, 1.82) is 0 Å². The molecule has 0 amide bonds. The minimum atomic E-state index is -0.739. The van der Waals surface area contributed by atoms with Crippen LogP contribution >= 0.6 is 15.9 Å². The second kappa shape index (κ2) is 5.43. The van der Waals surface area contributed by atoms with Crippen molar-refractivity contribution in [1.82, 2.24) is 0 Å². The van der Waals surface area contributed by atoms with E-state index in [2.05, 4.69) is 15.9 Å². The molecular formula is C16H16BrFO. The average molecular weight is 323 g/mol. The van der Waals surface area contributed by atoms with Crippen LogP contribution in [0.1, 0.15) is 33.9 Å². The molecule has 2 rings (SSSR count). The molecule has 0 saturated carbocycles. The van der Waals surface area contributed by atoms with E-state index in [-0.39, 0.29) is 5.82 Å². The largest absolute Gasteiger partial charge is 0.384 e. The molecule has 0 aliphatic heterocycles. The van der Waals surface area contributed by atoms with Crippen LogP contribution in [0.5, 0.6) is 0 Å². The molecule has 0 heterocycles. The standard InChI is InChI=1S/C16H16BrFO/c1-9-4-12(8-13(17)5-9)16(19)15-10(2)6-14(18)7-11(15)3/h4-8,16,19H,1-3H3. The number of benzene rings is 2. The third kappa shape index (κ3) is 3.04. The summed E-state index contributed by atoms with van der Waals surface area (Å²) in [5.41, 5.74) is 4.19. The molecule has 2 aromatic rings. The van der Waals surface area contributed by atoms with Crippen LogP contribution in [0.2, 0.25) is 0 Å². The molecular weight excluding hydrogens is 307 g/mol. The zero-order valence-electron chi connectivity index (χ0n) is 11.2. The maximum Gasteiger partial charge on any atom is 0.123 e. The van der Waals surface area contributed by atoms with E-state index in [1.165, 1.54) is 12.1 Å². The lowest BCUT2D eigenvalue weighted by molar-refractivity contribution is 0.218. The summed E-state index contributed by atoms with van der Waals surface area (Å²) >= 11 is 3.43. The normalized spacial score (nSPS) is 12.5. The Bertz CT molecular complexity index is 579. The lowest BCUT2D eigenvalue weighted by Gasteiger charge is -2.18. The Hall–Kier alpha value is -1.19. The highest BCUT2D eigenvalue weighted by Crippen LogP contribution is 2.30. The zero-order valence-corrected chi connectivity index (χ0v) is 12.8. The molecule has 0 aromatic heterocycles. The fraction of sp³-hybridized carbons (Fsp3) is 0.250. The molecule has 100 valence electrons. The van der Waals surface area contributed by atoms with Gasteiger partial charge in [-0.25, -0.2) is 4.39 Å². The highest BCUT2D eigenvalue weighted by molar-refractivity contribution is 9.10. The van der Waals surface area contributed by atoms with Gasteiger partial charge >= 0.3 is 0 Å². The van der Waals surface area contributed by atoms with Crippen LogP contribution in [0, 0.1) is 26.6 Å². The molecule has 3 heteroatoms. The molecule has 0 spiro atoms. The highest BCUT2D eigenvalue weighted by atomic mass is 79.9. The van der Waals surface area contributed by atoms with Gasteiger partial charge in [0.05, 0.1) is 0 Å². The van der Waals surface area contributed by atoms with Crippen LogP contribution < -0.4 is 0 Å². The number of halogens is 2. The SMILES string of the molecule is Cc1cc(Br)cc(C(O)c2c(C)cc(F)cc2C)c1. The van der Waals surface area contributed by atoms with E-state index in [0.29, 0.717) is 0 Å². The van der Waals surface area contributed by atoms with Gasteiger partial charge in [0.15, 0.2) is 0 Å². The van der Waals surface area contributed by atoms with E-state index in [1.54, 1.807) is 0 Å². The first-order valence-corrected chi connectivity index (χ1v) is 6.89. The van der Waals surface area contributed by atoms with Crippen molar-refractivity contribution >= 4 is 15.9 Å². The van der Waals surface area contributed by atoms with Crippen LogP contribution in [-0.2, 0) is 0 Å². The van der Waals surface area contributed by atoms with Crippen molar-refractivity contribution in [2.24, 2.45) is 0 Å². The van der Waals surface area contributed by atoms with E-state index in [4.69, 9.17) is 0 Å². The summed E-state index contributed by atoms with van der Waals surface area (Å²) in [5.74, 6) is -0.267. The van der Waals surface area contributed by atoms with Crippen LogP contribution in [0.15, 0.2) is 34.8 Å². The summed E-state index contributed by atoms with van der Waals surface area (Å²) in [4.78, 5) is 0. The minimum absolute atomic E-state index is 0.267. The second-order valence-electron chi connectivity index (χ2n) is 4.92. The lowest BCUT2D eigenvalue weighted by Crippen LogP contribution is -2.05. The zero-order chi connectivity index (χ0) is 14.2. The van der Waals surface area contributed by atoms with Gasteiger partial charge < -0.3 is 5.11 Å². The number of hydrogen-bond acceptors (Lipinski definition) is 1. The molecule has 19 heavy (non-hydrogen) atoms. The molecule has 0 fully saturated rings. The minimum Gasteiger partial charge on any atom is -0.384 e. The molecule has 2 aromatic carbocycles. The van der Waals surface area contributed by atoms with Crippen LogP contribution in [0.3, 0.4) is 0 Å². The van der Waals surface area contributed by atoms with Crippen molar-refractivity contribution in [3.05, 3.63) is 68.4 Å². The van der Waals surface area contributed by atoms with Gasteiger partial charge in [0.2, 0.25) is 0 Å². The smallest absolute Gasteiger partial charge is 0.123 e. The van der Waals surface area contributed by atoms with E-state index in [1.807, 2.05) is 39.0 Å². The summed E-state index contributed by atoms with van der Waals surface area (Å²) in [6.07, 6.45) is -0.739. The van der Waals surface area contributed by atoms with Crippen molar-refractivity contribution in [3.63, 3.8) is 0 Å². The second-order valence-corrected chi connectivity index (χ2v) is 5.83. The number of aliphatic hydroxyl groups is 1. The summed E-state index contributed by atoms with van der Waals surface area (Å²) in [6.45, 7) is 5.62. The van der Waals surface area contributed by atoms with E-state index >= 15 is 0 Å². The van der Waals surface area contributed by atoms with Crippen molar-refractivity contribution in [2.75, 3.05) is 0 Å². The van der Waals surface area contributed by atoms with E-state index in [0.717, 1.165) is 32.3 Å². The van der Waals surface area contributed by atoms with Crippen molar-refractivity contribution in [2.45, 2.75) is 26.9 Å². The summed E-state index contributed by atoms with van der Waals surface area (Å²) < 4.78 is 14.2. The highest BCUT2D eigenvalue weighted by Gasteiger charge is 2.17. The van der Waals surface area contributed by atoms with Gasteiger partial charge in [-0.15, -0.1) is 0 Å². The molecule has 0 saturated heterocycles. The first-order chi connectivity index (χ1) is 8.88. The maximum atomic E-state index is 13.3. The lowest BCUT2D eigenvalue weighted by atomic mass is 9.93. The number of hydrogen-bond donors (Lipinski definition) is 1. The Labute approximate surface area is 121 Å². The Morgan fingerprint density at radius 1 is 1.00 bits per heavy atom. The Morgan fingerprint density at radius 3 is 2.11 bits per heavy atom. The van der Waals surface area contributed by atoms with Crippen molar-refractivity contribution < 1.29 is 9.50 Å². The quantitative estimate of drug-likeness (QED) is 0.857. The first-order valence-electron chi connectivity index (χ1n) is 6.10. The average Bonchev–Trinajstić information content (AvgIpc) is 2.25. The third-order valence-corrected chi connectivity index (χ3v) is 3.67. The third-order valence-electron chi connectivity index (χ3n) is 3.21. The van der Waals surface area contributed by atoms with Crippen LogP contribution in [0.4, 0.5) is 4.39 Å². The fourth-order valence-electron chi connectivity index (χ4n) is 2.44. The fourth-order valence-corrected chi connectivity index (χ4v) is 3.07. The van der Waals surface area contributed by atoms with Gasteiger partial charge in [-0.05, 0) is 72.9 Å². The monoisotopic (exact) mass is 322 g/mol. The topological polar surface area (TPSA) is 20.2 Å². The Kier molecular flexibility index (Phi) is 4.07. The predicted octanol–water partition coefficient (Wildman–Crippen LogP) is 4.60. The van der Waals surface area contributed by atoms with Gasteiger partial charge in [0.1, 0.15) is 11.9 Å². The van der Waals surface area contributed by atoms with Crippen LogP contribution in [0.25, 0.3) is 0 Å². The van der Waals surface area contributed by atoms with Gasteiger partial charge in [0, 0.05) is 4.47 Å². The van der Waals surface area contributed by atoms with E-state index in [9.17, 15) is 9.50 Å².